The molecule has 0 aliphatic heterocycles. The van der Waals surface area contributed by atoms with Crippen molar-refractivity contribution in [2.45, 2.75) is 18.9 Å². The lowest BCUT2D eigenvalue weighted by Crippen LogP contribution is -1.99. The minimum atomic E-state index is 0.375. The van der Waals surface area contributed by atoms with E-state index in [1.54, 1.807) is 6.20 Å². The quantitative estimate of drug-likeness (QED) is 0.618. The van der Waals surface area contributed by atoms with Crippen LogP contribution in [0.5, 0.6) is 5.75 Å². The molecule has 1 saturated carbocycles. The molecule has 1 heterocycles. The van der Waals surface area contributed by atoms with Crippen LogP contribution in [-0.2, 0) is 0 Å². The van der Waals surface area contributed by atoms with Gasteiger partial charge in [0.05, 0.1) is 9.67 Å². The van der Waals surface area contributed by atoms with Crippen LogP contribution in [0, 0.1) is 3.57 Å². The molecule has 2 rings (SSSR count). The van der Waals surface area contributed by atoms with Crippen LogP contribution in [0.3, 0.4) is 0 Å². The molecule has 0 N–H and O–H groups in total. The maximum Gasteiger partial charge on any atom is 0.172 e. The van der Waals surface area contributed by atoms with Gasteiger partial charge >= 0.3 is 0 Å². The number of rotatable bonds is 2. The number of pyridine rings is 1. The summed E-state index contributed by atoms with van der Waals surface area (Å²) in [7, 11) is 0. The second-order valence-corrected chi connectivity index (χ2v) is 4.25. The minimum absolute atomic E-state index is 0.375. The summed E-state index contributed by atoms with van der Waals surface area (Å²) in [6, 6.07) is 1.89. The number of halogens is 2. The highest BCUT2D eigenvalue weighted by molar-refractivity contribution is 14.1. The molecule has 1 fully saturated rings. The summed E-state index contributed by atoms with van der Waals surface area (Å²) < 4.78 is 6.61. The lowest BCUT2D eigenvalue weighted by atomic mass is 10.5. The van der Waals surface area contributed by atoms with Crippen molar-refractivity contribution in [3.05, 3.63) is 21.0 Å². The molecule has 2 nitrogen and oxygen atoms in total. The van der Waals surface area contributed by atoms with Gasteiger partial charge in [-0.15, -0.1) is 0 Å². The van der Waals surface area contributed by atoms with Crippen LogP contribution >= 0.6 is 34.2 Å². The molecule has 0 atom stereocenters. The Bertz CT molecular complexity index is 281. The highest BCUT2D eigenvalue weighted by Gasteiger charge is 2.25. The van der Waals surface area contributed by atoms with Crippen molar-refractivity contribution in [3.8, 4) is 5.75 Å². The van der Waals surface area contributed by atoms with E-state index in [-0.39, 0.29) is 0 Å². The molecule has 0 aromatic carbocycles. The average molecular weight is 296 g/mol. The molecular formula is C8H7ClINO. The maximum absolute atomic E-state index is 5.86. The Labute approximate surface area is 89.4 Å². The van der Waals surface area contributed by atoms with Gasteiger partial charge in [0.1, 0.15) is 0 Å². The van der Waals surface area contributed by atoms with Gasteiger partial charge in [0.2, 0.25) is 0 Å². The molecule has 12 heavy (non-hydrogen) atoms. The van der Waals surface area contributed by atoms with Crippen molar-refractivity contribution in [1.29, 1.82) is 0 Å². The summed E-state index contributed by atoms with van der Waals surface area (Å²) >= 11 is 8.06. The van der Waals surface area contributed by atoms with E-state index in [1.165, 1.54) is 0 Å². The van der Waals surface area contributed by atoms with Gasteiger partial charge in [-0.3, -0.25) is 0 Å². The number of aromatic nitrogens is 1. The first-order valence-corrected chi connectivity index (χ1v) is 5.19. The van der Waals surface area contributed by atoms with Gasteiger partial charge < -0.3 is 4.74 Å². The summed E-state index contributed by atoms with van der Waals surface area (Å²) in [5.74, 6) is 0.738. The number of nitrogens with zero attached hydrogens (tertiary/aromatic N) is 1. The summed E-state index contributed by atoms with van der Waals surface area (Å²) in [5.41, 5.74) is 0. The largest absolute Gasteiger partial charge is 0.486 e. The van der Waals surface area contributed by atoms with Gasteiger partial charge in [-0.05, 0) is 41.5 Å². The first kappa shape index (κ1) is 8.56. The molecule has 0 amide bonds. The van der Waals surface area contributed by atoms with Crippen molar-refractivity contribution in [2.75, 3.05) is 0 Å². The van der Waals surface area contributed by atoms with Crippen molar-refractivity contribution in [2.24, 2.45) is 0 Å². The van der Waals surface area contributed by atoms with Gasteiger partial charge in [0.15, 0.2) is 10.9 Å². The lowest BCUT2D eigenvalue weighted by molar-refractivity contribution is 0.300. The minimum Gasteiger partial charge on any atom is -0.486 e. The molecule has 0 spiro atoms. The topological polar surface area (TPSA) is 22.1 Å². The third-order valence-corrected chi connectivity index (χ3v) is 2.74. The monoisotopic (exact) mass is 295 g/mol. The van der Waals surface area contributed by atoms with Crippen molar-refractivity contribution < 1.29 is 4.74 Å². The fourth-order valence-electron chi connectivity index (χ4n) is 0.858. The normalized spacial score (nSPS) is 16.2. The smallest absolute Gasteiger partial charge is 0.172 e. The third-order valence-electron chi connectivity index (χ3n) is 1.62. The first-order valence-electron chi connectivity index (χ1n) is 3.74. The Morgan fingerprint density at radius 2 is 2.33 bits per heavy atom. The fraction of sp³-hybridized carbons (Fsp3) is 0.375. The molecule has 0 bridgehead atoms. The predicted molar refractivity (Wildman–Crippen MR) is 55.6 cm³/mol. The average Bonchev–Trinajstić information content (AvgIpc) is 2.80. The number of ether oxygens (including phenoxy) is 1. The molecular weight excluding hydrogens is 288 g/mol. The van der Waals surface area contributed by atoms with E-state index in [4.69, 9.17) is 16.3 Å². The van der Waals surface area contributed by atoms with E-state index in [0.717, 1.165) is 22.2 Å². The van der Waals surface area contributed by atoms with Gasteiger partial charge in [-0.2, -0.15) is 0 Å². The van der Waals surface area contributed by atoms with E-state index in [1.807, 2.05) is 6.07 Å². The standard InChI is InChI=1S/C8H7ClINO/c9-8-7(12-5-1-2-5)6(10)3-4-11-8/h3-5H,1-2H2. The van der Waals surface area contributed by atoms with Crippen LogP contribution in [0.15, 0.2) is 12.3 Å². The van der Waals surface area contributed by atoms with Gasteiger partial charge in [0, 0.05) is 6.20 Å². The van der Waals surface area contributed by atoms with Crippen LogP contribution < -0.4 is 4.74 Å². The Morgan fingerprint density at radius 3 is 2.92 bits per heavy atom. The number of hydrogen-bond donors (Lipinski definition) is 0. The Hall–Kier alpha value is -0.0300. The van der Waals surface area contributed by atoms with Crippen LogP contribution in [0.25, 0.3) is 0 Å². The SMILES string of the molecule is Clc1nccc(I)c1OC1CC1. The van der Waals surface area contributed by atoms with Crippen molar-refractivity contribution in [3.63, 3.8) is 0 Å². The van der Waals surface area contributed by atoms with Gasteiger partial charge in [0.25, 0.3) is 0 Å². The van der Waals surface area contributed by atoms with E-state index in [0.29, 0.717) is 11.3 Å². The molecule has 0 saturated heterocycles. The van der Waals surface area contributed by atoms with Crippen LogP contribution in [0.1, 0.15) is 12.8 Å². The molecule has 1 aliphatic carbocycles. The summed E-state index contributed by atoms with van der Waals surface area (Å²) in [4.78, 5) is 3.96. The zero-order valence-corrected chi connectivity index (χ0v) is 9.17. The van der Waals surface area contributed by atoms with Crippen LogP contribution in [0.2, 0.25) is 5.15 Å². The number of hydrogen-bond acceptors (Lipinski definition) is 2. The molecule has 1 aromatic heterocycles. The van der Waals surface area contributed by atoms with E-state index >= 15 is 0 Å². The predicted octanol–water partition coefficient (Wildman–Crippen LogP) is 2.88. The highest BCUT2D eigenvalue weighted by atomic mass is 127. The van der Waals surface area contributed by atoms with E-state index in [9.17, 15) is 0 Å². The fourth-order valence-corrected chi connectivity index (χ4v) is 1.76. The zero-order valence-electron chi connectivity index (χ0n) is 6.26. The molecule has 64 valence electrons. The van der Waals surface area contributed by atoms with Crippen LogP contribution in [0.4, 0.5) is 0 Å². The molecule has 1 aliphatic rings. The van der Waals surface area contributed by atoms with E-state index in [2.05, 4.69) is 27.6 Å². The molecule has 4 heteroatoms. The highest BCUT2D eigenvalue weighted by Crippen LogP contribution is 2.33. The van der Waals surface area contributed by atoms with Gasteiger partial charge in [-0.1, -0.05) is 11.6 Å². The second kappa shape index (κ2) is 3.38. The third kappa shape index (κ3) is 1.82. The molecule has 1 aromatic rings. The lowest BCUT2D eigenvalue weighted by Gasteiger charge is -2.06. The van der Waals surface area contributed by atoms with Crippen molar-refractivity contribution in [1.82, 2.24) is 4.98 Å². The second-order valence-electron chi connectivity index (χ2n) is 2.73. The Kier molecular flexibility index (Phi) is 2.41. The summed E-state index contributed by atoms with van der Waals surface area (Å²) in [5, 5.41) is 0.466. The first-order chi connectivity index (χ1) is 5.77. The molecule has 0 unspecified atom stereocenters. The van der Waals surface area contributed by atoms with E-state index < -0.39 is 0 Å². The summed E-state index contributed by atoms with van der Waals surface area (Å²) in [6.07, 6.45) is 4.34. The Morgan fingerprint density at radius 1 is 1.58 bits per heavy atom. The van der Waals surface area contributed by atoms with Crippen LogP contribution in [-0.4, -0.2) is 11.1 Å². The van der Waals surface area contributed by atoms with Crippen molar-refractivity contribution >= 4 is 34.2 Å². The molecule has 0 radical (unpaired) electrons. The zero-order chi connectivity index (χ0) is 8.55. The van der Waals surface area contributed by atoms with Gasteiger partial charge in [-0.25, -0.2) is 4.98 Å². The Balaban J connectivity index is 2.26. The maximum atomic E-state index is 5.86. The summed E-state index contributed by atoms with van der Waals surface area (Å²) in [6.45, 7) is 0.